The predicted octanol–water partition coefficient (Wildman–Crippen LogP) is 6.83. The Bertz CT molecular complexity index is 1780. The van der Waals surface area contributed by atoms with Crippen LogP contribution >= 0.6 is 11.3 Å². The van der Waals surface area contributed by atoms with E-state index in [2.05, 4.69) is 6.92 Å². The summed E-state index contributed by atoms with van der Waals surface area (Å²) in [7, 11) is 1.58. The van der Waals surface area contributed by atoms with Gasteiger partial charge in [0.2, 0.25) is 0 Å². The number of aromatic nitrogens is 1. The van der Waals surface area contributed by atoms with E-state index in [0.717, 1.165) is 28.9 Å². The number of thiazole rings is 1. The molecule has 9 nitrogen and oxygen atoms in total. The third kappa shape index (κ3) is 5.34. The van der Waals surface area contributed by atoms with Crippen LogP contribution in [0, 0.1) is 0 Å². The van der Waals surface area contributed by atoms with Crippen LogP contribution in [0.1, 0.15) is 56.3 Å². The van der Waals surface area contributed by atoms with E-state index in [-0.39, 0.29) is 17.4 Å². The molecule has 0 bridgehead atoms. The minimum absolute atomic E-state index is 0.0145. The van der Waals surface area contributed by atoms with Gasteiger partial charge in [-0.2, -0.15) is 0 Å². The number of carbonyl (C=O) groups excluding carboxylic acids is 2. The van der Waals surface area contributed by atoms with E-state index in [1.165, 1.54) is 16.2 Å². The molecule has 0 saturated carbocycles. The maximum absolute atomic E-state index is 13.8. The summed E-state index contributed by atoms with van der Waals surface area (Å²) in [5.41, 5.74) is 2.57. The van der Waals surface area contributed by atoms with E-state index in [1.54, 1.807) is 43.5 Å². The Morgan fingerprint density at radius 2 is 1.91 bits per heavy atom. The first kappa shape index (κ1) is 29.5. The number of hydrogen-bond donors (Lipinski definition) is 1. The van der Waals surface area contributed by atoms with Crippen molar-refractivity contribution in [1.82, 2.24) is 4.98 Å². The molecule has 228 valence electrons. The first-order chi connectivity index (χ1) is 21.3. The quantitative estimate of drug-likeness (QED) is 0.0896. The van der Waals surface area contributed by atoms with Gasteiger partial charge >= 0.3 is 5.91 Å². The van der Waals surface area contributed by atoms with Crippen LogP contribution in [0.25, 0.3) is 16.0 Å². The summed E-state index contributed by atoms with van der Waals surface area (Å²) in [6.07, 6.45) is 2.57. The van der Waals surface area contributed by atoms with Crippen LogP contribution in [0.4, 0.5) is 5.13 Å². The molecule has 10 heteroatoms. The summed E-state index contributed by atoms with van der Waals surface area (Å²) in [6, 6.07) is 15.1. The SMILES string of the molecule is CCCCOc1ccc([C@H]2/C(=C(\O)c3ccc4c(c3)C[C@H](C)O4)C(=O)C(=O)N2c2nc3ccc(OC)cc3s2)cc1OCC. The topological polar surface area (TPSA) is 107 Å². The van der Waals surface area contributed by atoms with Gasteiger partial charge in [-0.05, 0) is 79.9 Å². The van der Waals surface area contributed by atoms with Crippen LogP contribution in [0.2, 0.25) is 0 Å². The number of methoxy groups -OCH3 is 1. The zero-order chi connectivity index (χ0) is 31.0. The summed E-state index contributed by atoms with van der Waals surface area (Å²) < 4.78 is 23.9. The minimum atomic E-state index is -0.968. The van der Waals surface area contributed by atoms with Gasteiger partial charge in [-0.1, -0.05) is 30.7 Å². The molecule has 2 aliphatic heterocycles. The molecule has 0 spiro atoms. The predicted molar refractivity (Wildman–Crippen MR) is 169 cm³/mol. The van der Waals surface area contributed by atoms with Crippen molar-refractivity contribution < 1.29 is 33.6 Å². The van der Waals surface area contributed by atoms with Crippen molar-refractivity contribution in [3.05, 3.63) is 76.9 Å². The molecule has 3 heterocycles. The highest BCUT2D eigenvalue weighted by molar-refractivity contribution is 7.22. The highest BCUT2D eigenvalue weighted by Gasteiger charge is 2.48. The zero-order valence-electron chi connectivity index (χ0n) is 25.1. The molecular formula is C34H34N2O7S. The van der Waals surface area contributed by atoms with Gasteiger partial charge in [0, 0.05) is 12.0 Å². The molecule has 1 amide bonds. The molecule has 4 aromatic rings. The second kappa shape index (κ2) is 12.2. The molecule has 1 aromatic heterocycles. The van der Waals surface area contributed by atoms with Gasteiger partial charge in [0.05, 0.1) is 42.2 Å². The first-order valence-electron chi connectivity index (χ1n) is 14.8. The lowest BCUT2D eigenvalue weighted by Gasteiger charge is -2.24. The Morgan fingerprint density at radius 3 is 2.68 bits per heavy atom. The Labute approximate surface area is 259 Å². The van der Waals surface area contributed by atoms with E-state index in [4.69, 9.17) is 23.9 Å². The van der Waals surface area contributed by atoms with E-state index in [0.29, 0.717) is 58.7 Å². The van der Waals surface area contributed by atoms with Crippen molar-refractivity contribution in [2.45, 2.75) is 52.2 Å². The fraction of sp³-hybridized carbons (Fsp3) is 0.324. The largest absolute Gasteiger partial charge is 0.507 e. The number of hydrogen-bond acceptors (Lipinski definition) is 9. The lowest BCUT2D eigenvalue weighted by molar-refractivity contribution is -0.132. The second-order valence-corrected chi connectivity index (χ2v) is 11.8. The summed E-state index contributed by atoms with van der Waals surface area (Å²) >= 11 is 1.27. The third-order valence-corrected chi connectivity index (χ3v) is 8.76. The summed E-state index contributed by atoms with van der Waals surface area (Å²) in [5.74, 6) is 0.627. The number of rotatable bonds is 10. The number of amides is 1. The fourth-order valence-corrected chi connectivity index (χ4v) is 6.62. The highest BCUT2D eigenvalue weighted by Crippen LogP contribution is 2.46. The van der Waals surface area contributed by atoms with Crippen molar-refractivity contribution in [1.29, 1.82) is 0 Å². The third-order valence-electron chi connectivity index (χ3n) is 7.74. The maximum atomic E-state index is 13.8. The number of ketones is 1. The number of ether oxygens (including phenoxy) is 4. The lowest BCUT2D eigenvalue weighted by atomic mass is 9.94. The van der Waals surface area contributed by atoms with E-state index in [1.807, 2.05) is 32.0 Å². The number of Topliss-reactive ketones (excluding diaryl/α,β-unsaturated/α-hetero) is 1. The van der Waals surface area contributed by atoms with Gasteiger partial charge < -0.3 is 24.1 Å². The van der Waals surface area contributed by atoms with Crippen molar-refractivity contribution in [2.75, 3.05) is 25.2 Å². The van der Waals surface area contributed by atoms with Gasteiger partial charge in [-0.25, -0.2) is 4.98 Å². The van der Waals surface area contributed by atoms with Crippen LogP contribution in [0.15, 0.2) is 60.2 Å². The van der Waals surface area contributed by atoms with Crippen molar-refractivity contribution in [3.63, 3.8) is 0 Å². The number of aliphatic hydroxyl groups excluding tert-OH is 1. The minimum Gasteiger partial charge on any atom is -0.507 e. The average Bonchev–Trinajstić information content (AvgIpc) is 3.69. The molecule has 2 atom stereocenters. The van der Waals surface area contributed by atoms with E-state index >= 15 is 0 Å². The maximum Gasteiger partial charge on any atom is 0.301 e. The van der Waals surface area contributed by atoms with Crippen molar-refractivity contribution >= 4 is 44.1 Å². The number of anilines is 1. The molecular weight excluding hydrogens is 580 g/mol. The van der Waals surface area contributed by atoms with E-state index in [9.17, 15) is 14.7 Å². The second-order valence-electron chi connectivity index (χ2n) is 10.8. The van der Waals surface area contributed by atoms with Gasteiger partial charge in [-0.15, -0.1) is 0 Å². The molecule has 6 rings (SSSR count). The Hall–Kier alpha value is -4.57. The molecule has 1 N–H and O–H groups in total. The van der Waals surface area contributed by atoms with Crippen LogP contribution in [0.3, 0.4) is 0 Å². The van der Waals surface area contributed by atoms with Crippen LogP contribution in [-0.4, -0.2) is 48.2 Å². The number of fused-ring (bicyclic) bond motifs is 2. The monoisotopic (exact) mass is 614 g/mol. The molecule has 1 fully saturated rings. The normalized spacial score (nSPS) is 18.9. The molecule has 1 saturated heterocycles. The molecule has 44 heavy (non-hydrogen) atoms. The van der Waals surface area contributed by atoms with Crippen LogP contribution < -0.4 is 23.8 Å². The molecule has 3 aromatic carbocycles. The number of nitrogens with zero attached hydrogens (tertiary/aromatic N) is 2. The standard InChI is InChI=1S/C34H34N2O7S/c1-5-7-14-42-26-13-8-20(17-27(26)41-6-2)30-29(31(37)21-9-12-25-22(16-21)15-19(3)43-25)32(38)33(39)36(30)34-35-24-11-10-23(40-4)18-28(24)44-34/h8-13,16-19,30,37H,5-7,14-15H2,1-4H3/b31-29+/t19-,30-/m0/s1. The molecule has 0 radical (unpaired) electrons. The molecule has 0 unspecified atom stereocenters. The molecule has 0 aliphatic carbocycles. The fourth-order valence-electron chi connectivity index (χ4n) is 5.60. The van der Waals surface area contributed by atoms with E-state index < -0.39 is 17.7 Å². The van der Waals surface area contributed by atoms with Crippen LogP contribution in [-0.2, 0) is 16.0 Å². The van der Waals surface area contributed by atoms with Crippen molar-refractivity contribution in [2.24, 2.45) is 0 Å². The summed E-state index contributed by atoms with van der Waals surface area (Å²) in [4.78, 5) is 33.7. The van der Waals surface area contributed by atoms with Crippen molar-refractivity contribution in [3.8, 4) is 23.0 Å². The average molecular weight is 615 g/mol. The number of benzene rings is 3. The highest BCUT2D eigenvalue weighted by atomic mass is 32.1. The molecule has 2 aliphatic rings. The van der Waals surface area contributed by atoms with Gasteiger partial charge in [-0.3, -0.25) is 14.5 Å². The Kier molecular flexibility index (Phi) is 8.18. The van der Waals surface area contributed by atoms with Gasteiger partial charge in [0.1, 0.15) is 23.4 Å². The zero-order valence-corrected chi connectivity index (χ0v) is 25.9. The summed E-state index contributed by atoms with van der Waals surface area (Å²) in [6.45, 7) is 6.87. The Morgan fingerprint density at radius 1 is 1.07 bits per heavy atom. The van der Waals surface area contributed by atoms with Gasteiger partial charge in [0.25, 0.3) is 5.78 Å². The first-order valence-corrected chi connectivity index (χ1v) is 15.6. The number of aliphatic hydroxyl groups is 1. The van der Waals surface area contributed by atoms with Gasteiger partial charge in [0.15, 0.2) is 16.6 Å². The smallest absolute Gasteiger partial charge is 0.301 e. The summed E-state index contributed by atoms with van der Waals surface area (Å²) in [5, 5.41) is 12.1. The van der Waals surface area contributed by atoms with Crippen LogP contribution in [0.5, 0.6) is 23.0 Å². The number of unbranched alkanes of at least 4 members (excludes halogenated alkanes) is 1. The number of carbonyl (C=O) groups is 2. The lowest BCUT2D eigenvalue weighted by Crippen LogP contribution is -2.29. The Balaban J connectivity index is 1.51.